The van der Waals surface area contributed by atoms with Gasteiger partial charge in [0, 0.05) is 31.3 Å². The standard InChI is InChI=1S/C26H29FN4S/c1-29(2)32-31-16-26(31)21-8-9-22(26)14-20-12-19(5-4-18(20)13-21)24-15-25(30(3)28-24)17-6-10-23(27)11-7-17/h4-7,10-12,15,21-22H,8-9,13-14,16H2,1-3H3/t21-,22+,26?,31?/m0/s1. The van der Waals surface area contributed by atoms with Gasteiger partial charge in [-0.1, -0.05) is 12.1 Å². The quantitative estimate of drug-likeness (QED) is 0.405. The molecule has 4 atom stereocenters. The van der Waals surface area contributed by atoms with Gasteiger partial charge < -0.3 is 0 Å². The highest BCUT2D eigenvalue weighted by atomic mass is 32.2. The van der Waals surface area contributed by atoms with Gasteiger partial charge in [0.1, 0.15) is 5.82 Å². The maximum absolute atomic E-state index is 13.3. The van der Waals surface area contributed by atoms with Gasteiger partial charge in [0.25, 0.3) is 0 Å². The summed E-state index contributed by atoms with van der Waals surface area (Å²) in [5, 5.41) is 4.79. The monoisotopic (exact) mass is 448 g/mol. The second kappa shape index (κ2) is 7.44. The Morgan fingerprint density at radius 1 is 0.969 bits per heavy atom. The molecule has 4 nitrogen and oxygen atoms in total. The Morgan fingerprint density at radius 3 is 2.38 bits per heavy atom. The van der Waals surface area contributed by atoms with Crippen molar-refractivity contribution in [2.24, 2.45) is 18.9 Å². The molecule has 1 saturated carbocycles. The predicted molar refractivity (Wildman–Crippen MR) is 128 cm³/mol. The fraction of sp³-hybridized carbons (Fsp3) is 0.423. The molecule has 2 heterocycles. The van der Waals surface area contributed by atoms with E-state index in [-0.39, 0.29) is 5.82 Å². The third-order valence-electron chi connectivity index (χ3n) is 7.75. The van der Waals surface area contributed by atoms with Crippen LogP contribution in [-0.4, -0.2) is 44.6 Å². The van der Waals surface area contributed by atoms with E-state index < -0.39 is 0 Å². The minimum absolute atomic E-state index is 0.216. The molecular formula is C26H29FN4S. The average molecular weight is 449 g/mol. The minimum Gasteiger partial charge on any atom is -0.267 e. The maximum atomic E-state index is 13.3. The molecule has 2 fully saturated rings. The molecule has 166 valence electrons. The van der Waals surface area contributed by atoms with Gasteiger partial charge in [0.2, 0.25) is 0 Å². The van der Waals surface area contributed by atoms with E-state index in [1.165, 1.54) is 61.1 Å². The highest BCUT2D eigenvalue weighted by molar-refractivity contribution is 7.94. The Bertz CT molecular complexity index is 1170. The van der Waals surface area contributed by atoms with E-state index in [0.717, 1.165) is 28.8 Å². The molecule has 1 saturated heterocycles. The summed E-state index contributed by atoms with van der Waals surface area (Å²) in [5.41, 5.74) is 7.57. The van der Waals surface area contributed by atoms with Crippen LogP contribution in [-0.2, 0) is 19.9 Å². The van der Waals surface area contributed by atoms with Gasteiger partial charge in [-0.25, -0.2) is 13.0 Å². The van der Waals surface area contributed by atoms with Crippen LogP contribution in [0.2, 0.25) is 0 Å². The van der Waals surface area contributed by atoms with Crippen molar-refractivity contribution in [3.63, 3.8) is 0 Å². The highest BCUT2D eigenvalue weighted by Crippen LogP contribution is 2.60. The van der Waals surface area contributed by atoms with E-state index in [9.17, 15) is 4.39 Å². The van der Waals surface area contributed by atoms with E-state index >= 15 is 0 Å². The number of hydrogen-bond donors (Lipinski definition) is 0. The molecule has 0 N–H and O–H groups in total. The third-order valence-corrected chi connectivity index (χ3v) is 8.74. The van der Waals surface area contributed by atoms with Gasteiger partial charge in [0.05, 0.1) is 16.9 Å². The van der Waals surface area contributed by atoms with E-state index in [0.29, 0.717) is 5.54 Å². The van der Waals surface area contributed by atoms with Crippen LogP contribution in [0, 0.1) is 17.7 Å². The van der Waals surface area contributed by atoms with Crippen LogP contribution in [0.1, 0.15) is 24.0 Å². The molecule has 0 radical (unpaired) electrons. The zero-order valence-corrected chi connectivity index (χ0v) is 19.7. The first-order valence-corrected chi connectivity index (χ1v) is 12.2. The summed E-state index contributed by atoms with van der Waals surface area (Å²) in [6.45, 7) is 1.23. The van der Waals surface area contributed by atoms with Crippen LogP contribution < -0.4 is 0 Å². The van der Waals surface area contributed by atoms with Crippen LogP contribution in [0.4, 0.5) is 4.39 Å². The molecule has 3 aliphatic rings. The fourth-order valence-electron chi connectivity index (χ4n) is 6.16. The van der Waals surface area contributed by atoms with Crippen molar-refractivity contribution < 1.29 is 4.39 Å². The van der Waals surface area contributed by atoms with Crippen molar-refractivity contribution in [1.82, 2.24) is 18.4 Å². The number of fused-ring (bicyclic) bond motifs is 1. The first kappa shape index (κ1) is 20.5. The molecule has 2 aromatic carbocycles. The molecule has 2 aliphatic carbocycles. The first-order valence-electron chi connectivity index (χ1n) is 11.5. The minimum atomic E-state index is -0.216. The average Bonchev–Trinajstić information content (AvgIpc) is 3.20. The van der Waals surface area contributed by atoms with E-state index in [2.05, 4.69) is 47.0 Å². The van der Waals surface area contributed by atoms with E-state index in [1.54, 1.807) is 0 Å². The van der Waals surface area contributed by atoms with Gasteiger partial charge in [-0.15, -0.1) is 0 Å². The van der Waals surface area contributed by atoms with Gasteiger partial charge in [-0.2, -0.15) is 5.10 Å². The Balaban J connectivity index is 1.30. The normalized spacial score (nSPS) is 28.2. The highest BCUT2D eigenvalue weighted by Gasteiger charge is 2.65. The van der Waals surface area contributed by atoms with Gasteiger partial charge in [0.15, 0.2) is 0 Å². The molecule has 2 bridgehead atoms. The fourth-order valence-corrected chi connectivity index (χ4v) is 7.27. The number of aromatic nitrogens is 2. The van der Waals surface area contributed by atoms with Crippen LogP contribution >= 0.6 is 12.1 Å². The van der Waals surface area contributed by atoms with Crippen molar-refractivity contribution in [2.45, 2.75) is 31.2 Å². The Morgan fingerprint density at radius 2 is 1.66 bits per heavy atom. The molecule has 1 spiro atoms. The number of halogens is 1. The SMILES string of the molecule is CN(C)SN1CC12[C@@H]1CC[C@H]2Cc2ccc(-c3cc(-c4ccc(F)cc4)n(C)n3)cc2C1. The Labute approximate surface area is 193 Å². The zero-order chi connectivity index (χ0) is 22.0. The number of benzene rings is 2. The smallest absolute Gasteiger partial charge is 0.123 e. The topological polar surface area (TPSA) is 24.1 Å². The van der Waals surface area contributed by atoms with Gasteiger partial charge in [-0.05, 0) is 105 Å². The summed E-state index contributed by atoms with van der Waals surface area (Å²) in [6, 6.07) is 15.7. The predicted octanol–water partition coefficient (Wildman–Crippen LogP) is 5.20. The van der Waals surface area contributed by atoms with Crippen LogP contribution in [0.15, 0.2) is 48.5 Å². The van der Waals surface area contributed by atoms with E-state index in [4.69, 9.17) is 5.10 Å². The molecule has 1 aliphatic heterocycles. The Hall–Kier alpha value is -2.15. The first-order chi connectivity index (χ1) is 15.4. The molecule has 0 amide bonds. The van der Waals surface area contributed by atoms with Gasteiger partial charge in [-0.3, -0.25) is 4.68 Å². The van der Waals surface area contributed by atoms with Crippen LogP contribution in [0.5, 0.6) is 0 Å². The summed E-state index contributed by atoms with van der Waals surface area (Å²) in [5.74, 6) is 1.30. The molecule has 32 heavy (non-hydrogen) atoms. The molecule has 6 rings (SSSR count). The zero-order valence-electron chi connectivity index (χ0n) is 18.9. The maximum Gasteiger partial charge on any atom is 0.123 e. The van der Waals surface area contributed by atoms with Crippen molar-refractivity contribution in [3.05, 3.63) is 65.5 Å². The molecule has 1 aromatic heterocycles. The third kappa shape index (κ3) is 3.23. The number of nitrogens with zero attached hydrogens (tertiary/aromatic N) is 4. The lowest BCUT2D eigenvalue weighted by atomic mass is 9.87. The summed E-state index contributed by atoms with van der Waals surface area (Å²) in [4.78, 5) is 0. The second-order valence-electron chi connectivity index (χ2n) is 9.83. The number of aryl methyl sites for hydroxylation is 1. The largest absolute Gasteiger partial charge is 0.267 e. The lowest BCUT2D eigenvalue weighted by molar-refractivity contribution is 0.339. The summed E-state index contributed by atoms with van der Waals surface area (Å²) in [7, 11) is 6.24. The molecule has 3 aromatic rings. The lowest BCUT2D eigenvalue weighted by Crippen LogP contribution is -2.30. The molecule has 6 heteroatoms. The van der Waals surface area contributed by atoms with Crippen LogP contribution in [0.25, 0.3) is 22.5 Å². The number of hydrogen-bond acceptors (Lipinski definition) is 4. The van der Waals surface area contributed by atoms with E-state index in [1.807, 2.05) is 36.0 Å². The van der Waals surface area contributed by atoms with Crippen molar-refractivity contribution >= 4 is 12.1 Å². The number of rotatable bonds is 4. The van der Waals surface area contributed by atoms with Gasteiger partial charge >= 0.3 is 0 Å². The molecular weight excluding hydrogens is 419 g/mol. The molecule has 2 unspecified atom stereocenters. The summed E-state index contributed by atoms with van der Waals surface area (Å²) >= 11 is 1.89. The van der Waals surface area contributed by atoms with Crippen molar-refractivity contribution in [2.75, 3.05) is 20.6 Å². The second-order valence-corrected chi connectivity index (χ2v) is 11.2. The van der Waals surface area contributed by atoms with Crippen LogP contribution in [0.3, 0.4) is 0 Å². The summed E-state index contributed by atoms with van der Waals surface area (Å²) in [6.07, 6.45) is 5.07. The Kier molecular flexibility index (Phi) is 4.75. The summed E-state index contributed by atoms with van der Waals surface area (Å²) < 4.78 is 20.1. The lowest BCUT2D eigenvalue weighted by Gasteiger charge is -2.24. The van der Waals surface area contributed by atoms with Crippen molar-refractivity contribution in [3.8, 4) is 22.5 Å². The van der Waals surface area contributed by atoms with Crippen molar-refractivity contribution in [1.29, 1.82) is 0 Å².